The molecule has 5 heteroatoms. The highest BCUT2D eigenvalue weighted by Gasteiger charge is 2.03. The van der Waals surface area contributed by atoms with E-state index in [1.807, 2.05) is 31.2 Å². The summed E-state index contributed by atoms with van der Waals surface area (Å²) in [7, 11) is 0. The topological polar surface area (TPSA) is 58.0 Å². The van der Waals surface area contributed by atoms with Crippen LogP contribution in [0.1, 0.15) is 5.56 Å². The maximum atomic E-state index is 9.39. The second-order valence-electron chi connectivity index (χ2n) is 3.36. The maximum Gasteiger partial charge on any atom is 0.230 e. The predicted octanol–water partition coefficient (Wildman–Crippen LogP) is 3.00. The van der Waals surface area contributed by atoms with Crippen LogP contribution >= 0.6 is 15.9 Å². The van der Waals surface area contributed by atoms with Gasteiger partial charge in [0.2, 0.25) is 11.8 Å². The van der Waals surface area contributed by atoms with Crippen molar-refractivity contribution in [2.75, 3.05) is 5.32 Å². The number of aryl methyl sites for hydroxylation is 1. The molecule has 1 aromatic heterocycles. The van der Waals surface area contributed by atoms with E-state index in [0.717, 1.165) is 11.3 Å². The molecule has 0 aliphatic heterocycles. The number of aromatic nitrogens is 2. The molecule has 1 aromatic carbocycles. The number of benzene rings is 1. The number of halogens is 1. The Bertz CT molecular complexity index is 516. The molecule has 0 radical (unpaired) electrons. The van der Waals surface area contributed by atoms with Crippen molar-refractivity contribution in [3.63, 3.8) is 0 Å². The molecule has 0 spiro atoms. The Hall–Kier alpha value is -1.62. The summed E-state index contributed by atoms with van der Waals surface area (Å²) in [6, 6.07) is 7.83. The molecule has 0 aliphatic rings. The van der Waals surface area contributed by atoms with Crippen molar-refractivity contribution in [3.8, 4) is 5.88 Å². The summed E-state index contributed by atoms with van der Waals surface area (Å²) >= 11 is 3.12. The Morgan fingerprint density at radius 2 is 2.19 bits per heavy atom. The quantitative estimate of drug-likeness (QED) is 0.887. The summed E-state index contributed by atoms with van der Waals surface area (Å²) in [6.45, 7) is 2.01. The van der Waals surface area contributed by atoms with Gasteiger partial charge >= 0.3 is 0 Å². The predicted molar refractivity (Wildman–Crippen MR) is 65.9 cm³/mol. The lowest BCUT2D eigenvalue weighted by molar-refractivity contribution is 0.449. The van der Waals surface area contributed by atoms with Crippen molar-refractivity contribution < 1.29 is 5.11 Å². The fourth-order valence-corrected chi connectivity index (χ4v) is 1.46. The molecule has 2 aromatic rings. The van der Waals surface area contributed by atoms with Crippen LogP contribution in [-0.2, 0) is 0 Å². The summed E-state index contributed by atoms with van der Waals surface area (Å²) in [5.41, 5.74) is 2.04. The van der Waals surface area contributed by atoms with Crippen molar-refractivity contribution in [1.29, 1.82) is 0 Å². The third kappa shape index (κ3) is 2.49. The molecule has 2 N–H and O–H groups in total. The van der Waals surface area contributed by atoms with Crippen LogP contribution in [0.4, 0.5) is 11.6 Å². The zero-order valence-corrected chi connectivity index (χ0v) is 10.2. The molecule has 4 nitrogen and oxygen atoms in total. The first-order valence-corrected chi connectivity index (χ1v) is 5.49. The van der Waals surface area contributed by atoms with E-state index in [1.54, 1.807) is 0 Å². The minimum Gasteiger partial charge on any atom is -0.492 e. The summed E-state index contributed by atoms with van der Waals surface area (Å²) in [5.74, 6) is 0.288. The van der Waals surface area contributed by atoms with E-state index in [9.17, 15) is 5.11 Å². The Balaban J connectivity index is 2.24. The number of anilines is 2. The Kier molecular flexibility index (Phi) is 3.05. The van der Waals surface area contributed by atoms with Crippen LogP contribution in [0.2, 0.25) is 0 Å². The molecule has 2 rings (SSSR count). The van der Waals surface area contributed by atoms with Gasteiger partial charge in [0, 0.05) is 5.69 Å². The van der Waals surface area contributed by atoms with Crippen LogP contribution < -0.4 is 5.32 Å². The van der Waals surface area contributed by atoms with Gasteiger partial charge in [-0.25, -0.2) is 4.98 Å². The van der Waals surface area contributed by atoms with Gasteiger partial charge in [0.05, 0.1) is 10.7 Å². The molecule has 0 saturated heterocycles. The average Bonchev–Trinajstić information content (AvgIpc) is 2.24. The second-order valence-corrected chi connectivity index (χ2v) is 4.21. The summed E-state index contributed by atoms with van der Waals surface area (Å²) in [4.78, 5) is 7.92. The van der Waals surface area contributed by atoms with Crippen LogP contribution in [0, 0.1) is 6.92 Å². The largest absolute Gasteiger partial charge is 0.492 e. The van der Waals surface area contributed by atoms with Crippen LogP contribution in [0.3, 0.4) is 0 Å². The van der Waals surface area contributed by atoms with E-state index in [2.05, 4.69) is 31.2 Å². The third-order valence-electron chi connectivity index (χ3n) is 2.00. The molecule has 0 saturated carbocycles. The number of rotatable bonds is 2. The lowest BCUT2D eigenvalue weighted by Gasteiger charge is -2.05. The number of hydrogen-bond donors (Lipinski definition) is 2. The summed E-state index contributed by atoms with van der Waals surface area (Å²) in [6.07, 6.45) is 1.50. The third-order valence-corrected chi connectivity index (χ3v) is 2.56. The Labute approximate surface area is 102 Å². The molecule has 0 bridgehead atoms. The molecule has 1 heterocycles. The molecule has 16 heavy (non-hydrogen) atoms. The second kappa shape index (κ2) is 4.49. The van der Waals surface area contributed by atoms with E-state index >= 15 is 0 Å². The van der Waals surface area contributed by atoms with Gasteiger partial charge in [0.1, 0.15) is 0 Å². The highest BCUT2D eigenvalue weighted by Crippen LogP contribution is 2.22. The van der Waals surface area contributed by atoms with Crippen LogP contribution in [-0.4, -0.2) is 15.1 Å². The van der Waals surface area contributed by atoms with Gasteiger partial charge in [-0.1, -0.05) is 12.1 Å². The highest BCUT2D eigenvalue weighted by atomic mass is 79.9. The van der Waals surface area contributed by atoms with E-state index in [1.165, 1.54) is 6.20 Å². The molecule has 0 amide bonds. The number of nitrogens with zero attached hydrogens (tertiary/aromatic N) is 2. The number of nitrogens with one attached hydrogen (secondary N) is 1. The summed E-state index contributed by atoms with van der Waals surface area (Å²) < 4.78 is 0.474. The summed E-state index contributed by atoms with van der Waals surface area (Å²) in [5, 5.41) is 12.4. The van der Waals surface area contributed by atoms with Gasteiger partial charge < -0.3 is 10.4 Å². The fraction of sp³-hybridized carbons (Fsp3) is 0.0909. The lowest BCUT2D eigenvalue weighted by atomic mass is 10.2. The first-order chi connectivity index (χ1) is 7.65. The maximum absolute atomic E-state index is 9.39. The minimum absolute atomic E-state index is 0.0786. The first kappa shape index (κ1) is 10.9. The van der Waals surface area contributed by atoms with E-state index in [4.69, 9.17) is 0 Å². The van der Waals surface area contributed by atoms with Crippen molar-refractivity contribution in [3.05, 3.63) is 40.5 Å². The zero-order chi connectivity index (χ0) is 11.5. The molecular formula is C11H10BrN3O. The normalized spacial score (nSPS) is 10.1. The van der Waals surface area contributed by atoms with Gasteiger partial charge in [-0.2, -0.15) is 4.98 Å². The van der Waals surface area contributed by atoms with Gasteiger partial charge in [-0.05, 0) is 40.5 Å². The van der Waals surface area contributed by atoms with Gasteiger partial charge in [0.15, 0.2) is 0 Å². The molecule has 0 aliphatic carbocycles. The van der Waals surface area contributed by atoms with Crippen molar-refractivity contribution >= 4 is 27.6 Å². The van der Waals surface area contributed by atoms with Crippen LogP contribution in [0.15, 0.2) is 34.9 Å². The van der Waals surface area contributed by atoms with Crippen molar-refractivity contribution in [1.82, 2.24) is 9.97 Å². The van der Waals surface area contributed by atoms with Crippen molar-refractivity contribution in [2.24, 2.45) is 0 Å². The lowest BCUT2D eigenvalue weighted by Crippen LogP contribution is -1.96. The Morgan fingerprint density at radius 1 is 1.38 bits per heavy atom. The standard InChI is InChI=1S/C11H10BrN3O/c1-7-3-2-4-8(5-7)14-11-13-6-9(12)10(16)15-11/h2-6H,1H3,(H2,13,14,15,16). The average molecular weight is 280 g/mol. The van der Waals surface area contributed by atoms with Gasteiger partial charge in [0.25, 0.3) is 0 Å². The van der Waals surface area contributed by atoms with Gasteiger partial charge in [-0.3, -0.25) is 0 Å². The zero-order valence-electron chi connectivity index (χ0n) is 8.61. The van der Waals surface area contributed by atoms with E-state index in [-0.39, 0.29) is 5.88 Å². The molecule has 0 fully saturated rings. The first-order valence-electron chi connectivity index (χ1n) is 4.70. The SMILES string of the molecule is Cc1cccc(Nc2ncc(Br)c(O)n2)c1. The minimum atomic E-state index is -0.0786. The molecule has 0 unspecified atom stereocenters. The van der Waals surface area contributed by atoms with Crippen LogP contribution in [0.25, 0.3) is 0 Å². The Morgan fingerprint density at radius 3 is 2.88 bits per heavy atom. The number of hydrogen-bond acceptors (Lipinski definition) is 4. The molecule has 82 valence electrons. The van der Waals surface area contributed by atoms with E-state index < -0.39 is 0 Å². The van der Waals surface area contributed by atoms with Crippen LogP contribution in [0.5, 0.6) is 5.88 Å². The van der Waals surface area contributed by atoms with E-state index in [0.29, 0.717) is 10.4 Å². The van der Waals surface area contributed by atoms with Gasteiger partial charge in [-0.15, -0.1) is 0 Å². The monoisotopic (exact) mass is 279 g/mol. The molecule has 0 atom stereocenters. The fourth-order valence-electron chi connectivity index (χ4n) is 1.27. The molecular weight excluding hydrogens is 270 g/mol. The van der Waals surface area contributed by atoms with Crippen molar-refractivity contribution in [2.45, 2.75) is 6.92 Å². The smallest absolute Gasteiger partial charge is 0.230 e. The highest BCUT2D eigenvalue weighted by molar-refractivity contribution is 9.10. The number of aromatic hydroxyl groups is 1.